The summed E-state index contributed by atoms with van der Waals surface area (Å²) >= 11 is 6.14. The maximum absolute atomic E-state index is 6.14. The van der Waals surface area contributed by atoms with E-state index in [1.807, 2.05) is 13.1 Å². The zero-order valence-electron chi connectivity index (χ0n) is 12.4. The smallest absolute Gasteiger partial charge is 0.0412 e. The van der Waals surface area contributed by atoms with Crippen LogP contribution in [0.3, 0.4) is 0 Å². The van der Waals surface area contributed by atoms with Gasteiger partial charge in [-0.3, -0.25) is 0 Å². The second-order valence-electron chi connectivity index (χ2n) is 6.50. The summed E-state index contributed by atoms with van der Waals surface area (Å²) in [6.45, 7) is 3.30. The van der Waals surface area contributed by atoms with Crippen LogP contribution in [-0.2, 0) is 6.54 Å². The molecule has 0 aromatic heterocycles. The van der Waals surface area contributed by atoms with Crippen molar-refractivity contribution in [2.24, 2.45) is 5.41 Å². The Bertz CT molecular complexity index is 456. The molecule has 2 aliphatic rings. The molecule has 0 amide bonds. The van der Waals surface area contributed by atoms with E-state index in [4.69, 9.17) is 11.6 Å². The van der Waals surface area contributed by atoms with Gasteiger partial charge in [-0.05, 0) is 61.9 Å². The Kier molecular flexibility index (Phi) is 4.23. The Balaban J connectivity index is 1.74. The first-order valence-corrected chi connectivity index (χ1v) is 8.28. The first kappa shape index (κ1) is 14.2. The average Bonchev–Trinajstić information content (AvgIpc) is 2.89. The summed E-state index contributed by atoms with van der Waals surface area (Å²) in [6, 6.07) is 6.32. The van der Waals surface area contributed by atoms with Crippen molar-refractivity contribution >= 4 is 17.3 Å². The lowest BCUT2D eigenvalue weighted by atomic mass is 9.77. The summed E-state index contributed by atoms with van der Waals surface area (Å²) in [4.78, 5) is 2.56. The van der Waals surface area contributed by atoms with Gasteiger partial charge in [-0.2, -0.15) is 0 Å². The van der Waals surface area contributed by atoms with Crippen molar-refractivity contribution in [1.29, 1.82) is 0 Å². The topological polar surface area (TPSA) is 15.3 Å². The second-order valence-corrected chi connectivity index (χ2v) is 6.93. The van der Waals surface area contributed by atoms with Gasteiger partial charge in [-0.1, -0.05) is 24.4 Å². The van der Waals surface area contributed by atoms with Crippen LogP contribution in [-0.4, -0.2) is 20.1 Å². The molecule has 1 aliphatic carbocycles. The van der Waals surface area contributed by atoms with Gasteiger partial charge in [0.1, 0.15) is 0 Å². The molecule has 1 spiro atoms. The molecule has 3 rings (SSSR count). The number of hydrogen-bond donors (Lipinski definition) is 1. The van der Waals surface area contributed by atoms with Crippen molar-refractivity contribution in [3.05, 3.63) is 28.8 Å². The van der Waals surface area contributed by atoms with Crippen molar-refractivity contribution in [3.63, 3.8) is 0 Å². The van der Waals surface area contributed by atoms with Crippen LogP contribution in [0.25, 0.3) is 0 Å². The van der Waals surface area contributed by atoms with Crippen LogP contribution < -0.4 is 10.2 Å². The maximum Gasteiger partial charge on any atom is 0.0412 e. The summed E-state index contributed by atoms with van der Waals surface area (Å²) in [5.74, 6) is 0. The normalized spacial score (nSPS) is 21.6. The van der Waals surface area contributed by atoms with Crippen LogP contribution in [0.5, 0.6) is 0 Å². The summed E-state index contributed by atoms with van der Waals surface area (Å²) in [6.07, 6.45) is 8.57. The maximum atomic E-state index is 6.14. The van der Waals surface area contributed by atoms with Crippen molar-refractivity contribution in [2.45, 2.75) is 45.1 Å². The number of nitrogens with one attached hydrogen (secondary N) is 1. The Labute approximate surface area is 127 Å². The lowest BCUT2D eigenvalue weighted by Gasteiger charge is -2.41. The molecule has 1 aromatic rings. The van der Waals surface area contributed by atoms with Crippen molar-refractivity contribution in [2.75, 3.05) is 25.0 Å². The Morgan fingerprint density at radius 3 is 2.50 bits per heavy atom. The predicted molar refractivity (Wildman–Crippen MR) is 86.6 cm³/mol. The summed E-state index contributed by atoms with van der Waals surface area (Å²) in [7, 11) is 1.99. The van der Waals surface area contributed by atoms with Gasteiger partial charge >= 0.3 is 0 Å². The molecule has 0 radical (unpaired) electrons. The monoisotopic (exact) mass is 292 g/mol. The zero-order chi connectivity index (χ0) is 14.0. The van der Waals surface area contributed by atoms with E-state index < -0.39 is 0 Å². The van der Waals surface area contributed by atoms with Gasteiger partial charge in [0.2, 0.25) is 0 Å². The largest absolute Gasteiger partial charge is 0.371 e. The van der Waals surface area contributed by atoms with E-state index in [9.17, 15) is 0 Å². The van der Waals surface area contributed by atoms with Gasteiger partial charge in [-0.15, -0.1) is 0 Å². The lowest BCUT2D eigenvalue weighted by molar-refractivity contribution is 0.226. The third-order valence-corrected chi connectivity index (χ3v) is 5.47. The van der Waals surface area contributed by atoms with Crippen LogP contribution in [0.1, 0.15) is 44.1 Å². The molecule has 2 nitrogen and oxygen atoms in total. The molecule has 0 unspecified atom stereocenters. The molecule has 1 saturated carbocycles. The molecule has 1 saturated heterocycles. The van der Waals surface area contributed by atoms with Gasteiger partial charge in [0.15, 0.2) is 0 Å². The van der Waals surface area contributed by atoms with E-state index in [-0.39, 0.29) is 0 Å². The van der Waals surface area contributed by atoms with Gasteiger partial charge in [0.05, 0.1) is 0 Å². The lowest BCUT2D eigenvalue weighted by Crippen LogP contribution is -2.39. The number of hydrogen-bond acceptors (Lipinski definition) is 2. The second kappa shape index (κ2) is 5.95. The number of benzene rings is 1. The number of anilines is 1. The minimum absolute atomic E-state index is 0.687. The third kappa shape index (κ3) is 2.82. The van der Waals surface area contributed by atoms with E-state index in [1.165, 1.54) is 62.9 Å². The fraction of sp³-hybridized carbons (Fsp3) is 0.647. The van der Waals surface area contributed by atoms with Gasteiger partial charge in [0, 0.05) is 30.3 Å². The zero-order valence-corrected chi connectivity index (χ0v) is 13.2. The molecule has 1 aliphatic heterocycles. The van der Waals surface area contributed by atoms with Crippen molar-refractivity contribution in [1.82, 2.24) is 5.32 Å². The van der Waals surface area contributed by atoms with Crippen LogP contribution in [0.15, 0.2) is 18.2 Å². The summed E-state index contributed by atoms with van der Waals surface area (Å²) in [5, 5.41) is 4.09. The summed E-state index contributed by atoms with van der Waals surface area (Å²) in [5.41, 5.74) is 3.38. The predicted octanol–water partition coefficient (Wildman–Crippen LogP) is 4.22. The highest BCUT2D eigenvalue weighted by Gasteiger charge is 2.37. The van der Waals surface area contributed by atoms with Crippen LogP contribution >= 0.6 is 11.6 Å². The number of halogens is 1. The molecule has 2 fully saturated rings. The molecule has 0 atom stereocenters. The standard InChI is InChI=1S/C17H25ClN2/c1-19-13-14-12-15(18)4-5-16(14)20-10-8-17(9-11-20)6-2-3-7-17/h4-5,12,19H,2-3,6-11,13H2,1H3. The number of rotatable bonds is 3. The van der Waals surface area contributed by atoms with E-state index in [1.54, 1.807) is 0 Å². The Morgan fingerprint density at radius 2 is 1.85 bits per heavy atom. The van der Waals surface area contributed by atoms with E-state index in [0.717, 1.165) is 11.6 Å². The fourth-order valence-electron chi connectivity index (χ4n) is 4.04. The molecule has 1 aromatic carbocycles. The molecule has 20 heavy (non-hydrogen) atoms. The Morgan fingerprint density at radius 1 is 1.15 bits per heavy atom. The first-order chi connectivity index (χ1) is 9.72. The quantitative estimate of drug-likeness (QED) is 0.897. The fourth-order valence-corrected chi connectivity index (χ4v) is 4.24. The van der Waals surface area contributed by atoms with Gasteiger partial charge in [0.25, 0.3) is 0 Å². The molecule has 1 N–H and O–H groups in total. The molecule has 110 valence electrons. The highest BCUT2D eigenvalue weighted by molar-refractivity contribution is 6.30. The molecular formula is C17H25ClN2. The minimum atomic E-state index is 0.687. The van der Waals surface area contributed by atoms with Gasteiger partial charge in [-0.25, -0.2) is 0 Å². The van der Waals surface area contributed by atoms with Gasteiger partial charge < -0.3 is 10.2 Å². The van der Waals surface area contributed by atoms with E-state index in [0.29, 0.717) is 5.41 Å². The van der Waals surface area contributed by atoms with Crippen molar-refractivity contribution < 1.29 is 0 Å². The molecule has 3 heteroatoms. The van der Waals surface area contributed by atoms with Crippen molar-refractivity contribution in [3.8, 4) is 0 Å². The third-order valence-electron chi connectivity index (χ3n) is 5.24. The minimum Gasteiger partial charge on any atom is -0.371 e. The van der Waals surface area contributed by atoms with Crippen LogP contribution in [0.4, 0.5) is 5.69 Å². The average molecular weight is 293 g/mol. The van der Waals surface area contributed by atoms with E-state index in [2.05, 4.69) is 22.3 Å². The SMILES string of the molecule is CNCc1cc(Cl)ccc1N1CCC2(CCCC2)CC1. The molecule has 0 bridgehead atoms. The van der Waals surface area contributed by atoms with E-state index >= 15 is 0 Å². The molecule has 1 heterocycles. The molecular weight excluding hydrogens is 268 g/mol. The number of piperidine rings is 1. The summed E-state index contributed by atoms with van der Waals surface area (Å²) < 4.78 is 0. The first-order valence-electron chi connectivity index (χ1n) is 7.90. The van der Waals surface area contributed by atoms with Crippen LogP contribution in [0, 0.1) is 5.41 Å². The van der Waals surface area contributed by atoms with Crippen LogP contribution in [0.2, 0.25) is 5.02 Å². The number of nitrogens with zero attached hydrogens (tertiary/aromatic N) is 1. The highest BCUT2D eigenvalue weighted by atomic mass is 35.5. The highest BCUT2D eigenvalue weighted by Crippen LogP contribution is 2.46. The Hall–Kier alpha value is -0.730.